The minimum atomic E-state index is 0.240. The van der Waals surface area contributed by atoms with Gasteiger partial charge in [-0.15, -0.1) is 0 Å². The van der Waals surface area contributed by atoms with E-state index in [-0.39, 0.29) is 5.78 Å². The molecule has 1 aromatic rings. The summed E-state index contributed by atoms with van der Waals surface area (Å²) in [7, 11) is 0. The number of halogens is 1. The number of aryl methyl sites for hydroxylation is 1. The fourth-order valence-electron chi connectivity index (χ4n) is 1.27. The molecule has 0 N–H and O–H groups in total. The van der Waals surface area contributed by atoms with Crippen LogP contribution in [-0.2, 0) is 11.2 Å². The predicted octanol–water partition coefficient (Wildman–Crippen LogP) is 2.98. The highest BCUT2D eigenvalue weighted by Gasteiger charge is 2.00. The molecule has 0 spiro atoms. The van der Waals surface area contributed by atoms with Gasteiger partial charge in [0, 0.05) is 6.42 Å². The smallest absolute Gasteiger partial charge is 0.143 e. The predicted molar refractivity (Wildman–Crippen MR) is 64.7 cm³/mol. The number of alkyl halides is 1. The highest BCUT2D eigenvalue weighted by atomic mass is 79.9. The van der Waals surface area contributed by atoms with Gasteiger partial charge in [0.05, 0.1) is 11.9 Å². The molecule has 0 bridgehead atoms. The Kier molecular flexibility index (Phi) is 5.40. The van der Waals surface area contributed by atoms with Gasteiger partial charge >= 0.3 is 0 Å². The normalized spacial score (nSPS) is 10.0. The van der Waals surface area contributed by atoms with E-state index >= 15 is 0 Å². The molecule has 0 saturated carbocycles. The van der Waals surface area contributed by atoms with Crippen molar-refractivity contribution in [1.29, 1.82) is 0 Å². The second-order valence-corrected chi connectivity index (χ2v) is 3.81. The van der Waals surface area contributed by atoms with Crippen LogP contribution < -0.4 is 4.74 Å². The average Bonchev–Trinajstić information content (AvgIpc) is 2.28. The molecule has 1 aromatic carbocycles. The van der Waals surface area contributed by atoms with Gasteiger partial charge in [-0.2, -0.15) is 0 Å². The molecule has 1 rings (SSSR count). The van der Waals surface area contributed by atoms with Crippen molar-refractivity contribution in [3.05, 3.63) is 29.8 Å². The minimum absolute atomic E-state index is 0.240. The summed E-state index contributed by atoms with van der Waals surface area (Å²) in [6.45, 7) is 2.64. The third-order valence-corrected chi connectivity index (χ3v) is 2.70. The van der Waals surface area contributed by atoms with Crippen LogP contribution in [0.2, 0.25) is 0 Å². The molecule has 82 valence electrons. The lowest BCUT2D eigenvalue weighted by Gasteiger charge is -2.04. The van der Waals surface area contributed by atoms with Crippen LogP contribution in [0.3, 0.4) is 0 Å². The molecule has 0 atom stereocenters. The van der Waals surface area contributed by atoms with Gasteiger partial charge in [-0.3, -0.25) is 4.79 Å². The largest absolute Gasteiger partial charge is 0.494 e. The Bertz CT molecular complexity index is 306. The zero-order chi connectivity index (χ0) is 11.1. The highest BCUT2D eigenvalue weighted by molar-refractivity contribution is 9.09. The standard InChI is InChI=1S/C12H15BrO2/c1-2-15-12-7-4-10(5-8-12)3-6-11(14)9-13/h4-5,7-8H,2-3,6,9H2,1H3. The summed E-state index contributed by atoms with van der Waals surface area (Å²) in [5.41, 5.74) is 1.17. The van der Waals surface area contributed by atoms with E-state index < -0.39 is 0 Å². The summed E-state index contributed by atoms with van der Waals surface area (Å²) in [6.07, 6.45) is 1.40. The van der Waals surface area contributed by atoms with E-state index in [9.17, 15) is 4.79 Å². The number of benzene rings is 1. The van der Waals surface area contributed by atoms with Gasteiger partial charge in [-0.05, 0) is 31.0 Å². The molecule has 2 nitrogen and oxygen atoms in total. The number of ketones is 1. The van der Waals surface area contributed by atoms with Crippen molar-refractivity contribution in [3.63, 3.8) is 0 Å². The van der Waals surface area contributed by atoms with E-state index in [1.54, 1.807) is 0 Å². The monoisotopic (exact) mass is 270 g/mol. The number of Topliss-reactive ketones (excluding diaryl/α,β-unsaturated/α-hetero) is 1. The number of ether oxygens (including phenoxy) is 1. The molecule has 0 unspecified atom stereocenters. The van der Waals surface area contributed by atoms with E-state index in [1.165, 1.54) is 5.56 Å². The van der Waals surface area contributed by atoms with E-state index in [0.717, 1.165) is 12.2 Å². The molecule has 0 fully saturated rings. The van der Waals surface area contributed by atoms with Crippen LogP contribution in [0.4, 0.5) is 0 Å². The second-order valence-electron chi connectivity index (χ2n) is 3.25. The van der Waals surface area contributed by atoms with Crippen molar-refractivity contribution in [2.75, 3.05) is 11.9 Å². The Morgan fingerprint density at radius 1 is 1.33 bits per heavy atom. The van der Waals surface area contributed by atoms with Crippen molar-refractivity contribution < 1.29 is 9.53 Å². The average molecular weight is 271 g/mol. The summed E-state index contributed by atoms with van der Waals surface area (Å²) in [5.74, 6) is 1.12. The van der Waals surface area contributed by atoms with Crippen molar-refractivity contribution in [3.8, 4) is 5.75 Å². The van der Waals surface area contributed by atoms with E-state index in [1.807, 2.05) is 31.2 Å². The van der Waals surface area contributed by atoms with Crippen LogP contribution in [0.1, 0.15) is 18.9 Å². The lowest BCUT2D eigenvalue weighted by Crippen LogP contribution is -2.00. The fraction of sp³-hybridized carbons (Fsp3) is 0.417. The summed E-state index contributed by atoms with van der Waals surface area (Å²) in [5, 5.41) is 0.448. The molecule has 15 heavy (non-hydrogen) atoms. The van der Waals surface area contributed by atoms with Gasteiger partial charge in [0.25, 0.3) is 0 Å². The first-order chi connectivity index (χ1) is 7.26. The van der Waals surface area contributed by atoms with Crippen LogP contribution in [0.15, 0.2) is 24.3 Å². The van der Waals surface area contributed by atoms with Crippen molar-refractivity contribution in [2.45, 2.75) is 19.8 Å². The maximum atomic E-state index is 11.1. The SMILES string of the molecule is CCOc1ccc(CCC(=O)CBr)cc1. The summed E-state index contributed by atoms with van der Waals surface area (Å²) < 4.78 is 5.33. The van der Waals surface area contributed by atoms with E-state index in [0.29, 0.717) is 18.4 Å². The van der Waals surface area contributed by atoms with Crippen LogP contribution in [0.25, 0.3) is 0 Å². The van der Waals surface area contributed by atoms with Crippen LogP contribution in [0.5, 0.6) is 5.75 Å². The third-order valence-electron chi connectivity index (χ3n) is 2.08. The van der Waals surface area contributed by atoms with Gasteiger partial charge in [0.2, 0.25) is 0 Å². The van der Waals surface area contributed by atoms with E-state index in [2.05, 4.69) is 15.9 Å². The molecule has 0 aliphatic rings. The third kappa shape index (κ3) is 4.47. The Balaban J connectivity index is 2.45. The second kappa shape index (κ2) is 6.62. The number of hydrogen-bond acceptors (Lipinski definition) is 2. The summed E-state index contributed by atoms with van der Waals surface area (Å²) in [4.78, 5) is 11.1. The molecular formula is C12H15BrO2. The lowest BCUT2D eigenvalue weighted by atomic mass is 10.1. The molecule has 0 amide bonds. The van der Waals surface area contributed by atoms with Gasteiger partial charge in [-0.25, -0.2) is 0 Å². The van der Waals surface area contributed by atoms with Gasteiger partial charge < -0.3 is 4.74 Å². The number of carbonyl (C=O) groups excluding carboxylic acids is 1. The zero-order valence-corrected chi connectivity index (χ0v) is 10.4. The molecule has 0 aromatic heterocycles. The molecule has 3 heteroatoms. The minimum Gasteiger partial charge on any atom is -0.494 e. The number of hydrogen-bond donors (Lipinski definition) is 0. The maximum Gasteiger partial charge on any atom is 0.143 e. The van der Waals surface area contributed by atoms with Crippen molar-refractivity contribution >= 4 is 21.7 Å². The topological polar surface area (TPSA) is 26.3 Å². The first-order valence-corrected chi connectivity index (χ1v) is 6.17. The van der Waals surface area contributed by atoms with Crippen LogP contribution >= 0.6 is 15.9 Å². The first kappa shape index (κ1) is 12.2. The zero-order valence-electron chi connectivity index (χ0n) is 8.83. The highest BCUT2D eigenvalue weighted by Crippen LogP contribution is 2.13. The molecular weight excluding hydrogens is 256 g/mol. The van der Waals surface area contributed by atoms with Gasteiger partial charge in [0.1, 0.15) is 11.5 Å². The number of carbonyl (C=O) groups is 1. The Morgan fingerprint density at radius 3 is 2.53 bits per heavy atom. The summed E-state index contributed by atoms with van der Waals surface area (Å²) >= 11 is 3.15. The van der Waals surface area contributed by atoms with E-state index in [4.69, 9.17) is 4.74 Å². The molecule has 0 heterocycles. The number of rotatable bonds is 6. The van der Waals surface area contributed by atoms with Gasteiger partial charge in [0.15, 0.2) is 0 Å². The molecule has 0 aliphatic carbocycles. The van der Waals surface area contributed by atoms with Crippen LogP contribution in [0, 0.1) is 0 Å². The van der Waals surface area contributed by atoms with Crippen molar-refractivity contribution in [2.24, 2.45) is 0 Å². The van der Waals surface area contributed by atoms with Crippen LogP contribution in [-0.4, -0.2) is 17.7 Å². The first-order valence-electron chi connectivity index (χ1n) is 5.05. The van der Waals surface area contributed by atoms with Gasteiger partial charge in [-0.1, -0.05) is 28.1 Å². The maximum absolute atomic E-state index is 11.1. The van der Waals surface area contributed by atoms with Crippen molar-refractivity contribution in [1.82, 2.24) is 0 Å². The molecule has 0 saturated heterocycles. The summed E-state index contributed by atoms with van der Waals surface area (Å²) in [6, 6.07) is 7.90. The Hall–Kier alpha value is -0.830. The fourth-order valence-corrected chi connectivity index (χ4v) is 1.55. The molecule has 0 radical (unpaired) electrons. The Labute approximate surface area is 98.8 Å². The lowest BCUT2D eigenvalue weighted by molar-refractivity contribution is -0.116. The molecule has 0 aliphatic heterocycles. The quantitative estimate of drug-likeness (QED) is 0.743. The Morgan fingerprint density at radius 2 is 2.00 bits per heavy atom.